The second kappa shape index (κ2) is 9.24. The van der Waals surface area contributed by atoms with E-state index < -0.39 is 0 Å². The average Bonchev–Trinajstić information content (AvgIpc) is 2.57. The Morgan fingerprint density at radius 2 is 1.75 bits per heavy atom. The van der Waals surface area contributed by atoms with Gasteiger partial charge in [-0.15, -0.1) is 0 Å². The van der Waals surface area contributed by atoms with Gasteiger partial charge in [-0.25, -0.2) is 0 Å². The van der Waals surface area contributed by atoms with Crippen molar-refractivity contribution in [2.24, 2.45) is 0 Å². The van der Waals surface area contributed by atoms with Gasteiger partial charge in [0.1, 0.15) is 0 Å². The third-order valence-electron chi connectivity index (χ3n) is 4.15. The second-order valence-corrected chi connectivity index (χ2v) is 6.48. The molecule has 128 valence electrons. The van der Waals surface area contributed by atoms with Crippen molar-refractivity contribution < 1.29 is 4.79 Å². The van der Waals surface area contributed by atoms with Crippen LogP contribution in [0.3, 0.4) is 0 Å². The lowest BCUT2D eigenvalue weighted by Crippen LogP contribution is -2.24. The smallest absolute Gasteiger partial charge is 0.225 e. The molecule has 2 rings (SSSR count). The summed E-state index contributed by atoms with van der Waals surface area (Å²) in [4.78, 5) is 12.2. The van der Waals surface area contributed by atoms with E-state index in [1.54, 1.807) is 0 Å². The van der Waals surface area contributed by atoms with Crippen LogP contribution in [0.25, 0.3) is 0 Å². The summed E-state index contributed by atoms with van der Waals surface area (Å²) in [5, 5.41) is 6.43. The molecule has 0 aromatic heterocycles. The van der Waals surface area contributed by atoms with E-state index in [0.717, 1.165) is 24.2 Å². The molecule has 2 aromatic carbocycles. The van der Waals surface area contributed by atoms with E-state index in [4.69, 9.17) is 0 Å². The van der Waals surface area contributed by atoms with Gasteiger partial charge in [0.15, 0.2) is 0 Å². The highest BCUT2D eigenvalue weighted by molar-refractivity contribution is 5.92. The van der Waals surface area contributed by atoms with Crippen LogP contribution < -0.4 is 10.6 Å². The van der Waals surface area contributed by atoms with Crippen LogP contribution in [-0.4, -0.2) is 19.0 Å². The number of benzene rings is 2. The summed E-state index contributed by atoms with van der Waals surface area (Å²) in [6.45, 7) is 7.92. The Morgan fingerprint density at radius 3 is 2.46 bits per heavy atom. The normalized spacial score (nSPS) is 10.8. The number of rotatable bonds is 8. The zero-order valence-corrected chi connectivity index (χ0v) is 14.9. The highest BCUT2D eigenvalue weighted by Gasteiger charge is 2.11. The van der Waals surface area contributed by atoms with E-state index in [1.165, 1.54) is 11.1 Å². The molecule has 1 amide bonds. The van der Waals surface area contributed by atoms with E-state index in [9.17, 15) is 4.79 Å². The Labute approximate surface area is 145 Å². The van der Waals surface area contributed by atoms with Gasteiger partial charge < -0.3 is 10.6 Å². The molecule has 2 aromatic rings. The van der Waals surface area contributed by atoms with Gasteiger partial charge in [-0.05, 0) is 42.5 Å². The predicted molar refractivity (Wildman–Crippen MR) is 102 cm³/mol. The fraction of sp³-hybridized carbons (Fsp3) is 0.381. The van der Waals surface area contributed by atoms with Crippen LogP contribution in [0.5, 0.6) is 0 Å². The Kier molecular flexibility index (Phi) is 7.01. The number of amides is 1. The highest BCUT2D eigenvalue weighted by Crippen LogP contribution is 2.27. The molecule has 0 saturated carbocycles. The number of nitrogens with one attached hydrogen (secondary N) is 2. The monoisotopic (exact) mass is 324 g/mol. The van der Waals surface area contributed by atoms with Gasteiger partial charge in [0.05, 0.1) is 0 Å². The minimum absolute atomic E-state index is 0.0680. The molecular formula is C21H28N2O. The number of anilines is 1. The molecule has 0 atom stereocenters. The molecule has 3 heteroatoms. The molecule has 3 nitrogen and oxygen atoms in total. The third kappa shape index (κ3) is 5.50. The summed E-state index contributed by atoms with van der Waals surface area (Å²) < 4.78 is 0. The minimum atomic E-state index is 0.0680. The zero-order valence-electron chi connectivity index (χ0n) is 14.9. The first-order valence-corrected chi connectivity index (χ1v) is 8.72. The largest absolute Gasteiger partial charge is 0.326 e. The second-order valence-electron chi connectivity index (χ2n) is 6.48. The molecule has 0 aliphatic heterocycles. The molecule has 0 spiro atoms. The van der Waals surface area contributed by atoms with Crippen LogP contribution in [0.15, 0.2) is 48.5 Å². The number of hydrogen-bond donors (Lipinski definition) is 2. The van der Waals surface area contributed by atoms with Crippen LogP contribution in [0.1, 0.15) is 42.9 Å². The molecule has 0 unspecified atom stereocenters. The topological polar surface area (TPSA) is 41.1 Å². The maximum Gasteiger partial charge on any atom is 0.225 e. The van der Waals surface area contributed by atoms with Crippen LogP contribution >= 0.6 is 0 Å². The summed E-state index contributed by atoms with van der Waals surface area (Å²) in [6, 6.07) is 16.6. The molecule has 2 N–H and O–H groups in total. The fourth-order valence-corrected chi connectivity index (χ4v) is 2.75. The number of carbonyl (C=O) groups excluding carboxylic acids is 1. The van der Waals surface area contributed by atoms with Crippen molar-refractivity contribution in [1.82, 2.24) is 5.32 Å². The van der Waals surface area contributed by atoms with Crippen molar-refractivity contribution in [3.63, 3.8) is 0 Å². The van der Waals surface area contributed by atoms with Crippen LogP contribution in [0.4, 0.5) is 5.69 Å². The van der Waals surface area contributed by atoms with Gasteiger partial charge in [-0.1, -0.05) is 62.4 Å². The number of carbonyl (C=O) groups is 1. The van der Waals surface area contributed by atoms with E-state index in [-0.39, 0.29) is 5.91 Å². The molecule has 0 fully saturated rings. The lowest BCUT2D eigenvalue weighted by Gasteiger charge is -2.16. The van der Waals surface area contributed by atoms with Gasteiger partial charge in [0.2, 0.25) is 5.91 Å². The van der Waals surface area contributed by atoms with Crippen LogP contribution in [0, 0.1) is 6.92 Å². The van der Waals surface area contributed by atoms with Crippen molar-refractivity contribution in [1.29, 1.82) is 0 Å². The first-order chi connectivity index (χ1) is 11.6. The van der Waals surface area contributed by atoms with Crippen molar-refractivity contribution in [2.45, 2.75) is 39.5 Å². The summed E-state index contributed by atoms with van der Waals surface area (Å²) in [7, 11) is 0. The highest BCUT2D eigenvalue weighted by atomic mass is 16.1. The number of para-hydroxylation sites is 1. The number of hydrogen-bond acceptors (Lipinski definition) is 2. The van der Waals surface area contributed by atoms with Crippen molar-refractivity contribution in [3.05, 3.63) is 65.2 Å². The van der Waals surface area contributed by atoms with Gasteiger partial charge >= 0.3 is 0 Å². The quantitative estimate of drug-likeness (QED) is 0.712. The average molecular weight is 324 g/mol. The van der Waals surface area contributed by atoms with Gasteiger partial charge in [-0.3, -0.25) is 4.79 Å². The fourth-order valence-electron chi connectivity index (χ4n) is 2.75. The molecule has 0 radical (unpaired) electrons. The minimum Gasteiger partial charge on any atom is -0.326 e. The Bertz CT molecular complexity index is 650. The molecule has 0 aliphatic carbocycles. The van der Waals surface area contributed by atoms with E-state index in [0.29, 0.717) is 18.9 Å². The molecule has 0 bridgehead atoms. The van der Waals surface area contributed by atoms with Crippen LogP contribution in [-0.2, 0) is 11.2 Å². The molecule has 0 saturated heterocycles. The SMILES string of the molecule is Cc1cccc(C(C)C)c1NC(=O)CCNCCc1ccccc1. The van der Waals surface area contributed by atoms with Gasteiger partial charge in [0.25, 0.3) is 0 Å². The lowest BCUT2D eigenvalue weighted by atomic mass is 9.98. The van der Waals surface area contributed by atoms with E-state index in [2.05, 4.69) is 54.8 Å². The first-order valence-electron chi connectivity index (χ1n) is 8.72. The maximum absolute atomic E-state index is 12.2. The van der Waals surface area contributed by atoms with Gasteiger partial charge in [-0.2, -0.15) is 0 Å². The lowest BCUT2D eigenvalue weighted by molar-refractivity contribution is -0.116. The Hall–Kier alpha value is -2.13. The summed E-state index contributed by atoms with van der Waals surface area (Å²) in [6.07, 6.45) is 1.47. The standard InChI is InChI=1S/C21H28N2O/c1-16(2)19-11-7-8-17(3)21(19)23-20(24)13-15-22-14-12-18-9-5-4-6-10-18/h4-11,16,22H,12-15H2,1-3H3,(H,23,24). The summed E-state index contributed by atoms with van der Waals surface area (Å²) in [5.41, 5.74) is 4.60. The molecule has 0 heterocycles. The zero-order chi connectivity index (χ0) is 17.4. The van der Waals surface area contributed by atoms with Crippen molar-refractivity contribution >= 4 is 11.6 Å². The molecule has 0 aliphatic rings. The van der Waals surface area contributed by atoms with Gasteiger partial charge in [0, 0.05) is 18.7 Å². The summed E-state index contributed by atoms with van der Waals surface area (Å²) in [5.74, 6) is 0.461. The maximum atomic E-state index is 12.2. The molecule has 24 heavy (non-hydrogen) atoms. The Morgan fingerprint density at radius 1 is 1.00 bits per heavy atom. The first kappa shape index (κ1) is 18.2. The Balaban J connectivity index is 1.76. The molecular weight excluding hydrogens is 296 g/mol. The summed E-state index contributed by atoms with van der Waals surface area (Å²) >= 11 is 0. The number of aryl methyl sites for hydroxylation is 1. The van der Waals surface area contributed by atoms with E-state index >= 15 is 0 Å². The van der Waals surface area contributed by atoms with E-state index in [1.807, 2.05) is 25.1 Å². The van der Waals surface area contributed by atoms with Crippen LogP contribution in [0.2, 0.25) is 0 Å². The van der Waals surface area contributed by atoms with Crippen molar-refractivity contribution in [3.8, 4) is 0 Å². The third-order valence-corrected chi connectivity index (χ3v) is 4.15. The predicted octanol–water partition coefficient (Wildman–Crippen LogP) is 4.28. The van der Waals surface area contributed by atoms with Crippen molar-refractivity contribution in [2.75, 3.05) is 18.4 Å².